The molecule has 1 aliphatic heterocycles. The molecular weight excluding hydrogens is 311 g/mol. The van der Waals surface area contributed by atoms with E-state index in [1.165, 1.54) is 30.2 Å². The van der Waals surface area contributed by atoms with Gasteiger partial charge in [-0.2, -0.15) is 0 Å². The number of rotatable bonds is 5. The van der Waals surface area contributed by atoms with Gasteiger partial charge in [0.05, 0.1) is 6.54 Å². The van der Waals surface area contributed by atoms with Crippen LogP contribution in [0.15, 0.2) is 35.9 Å². The topological polar surface area (TPSA) is 57.7 Å². The summed E-state index contributed by atoms with van der Waals surface area (Å²) >= 11 is 0. The summed E-state index contributed by atoms with van der Waals surface area (Å²) in [6, 6.07) is 5.25. The Hall–Kier alpha value is -2.50. The van der Waals surface area contributed by atoms with Crippen LogP contribution in [0.3, 0.4) is 0 Å². The van der Waals surface area contributed by atoms with Gasteiger partial charge < -0.3 is 0 Å². The van der Waals surface area contributed by atoms with Gasteiger partial charge in [0.1, 0.15) is 5.82 Å². The molecule has 6 heteroatoms. The van der Waals surface area contributed by atoms with E-state index in [-0.39, 0.29) is 18.7 Å². The minimum absolute atomic E-state index is 0.197. The molecule has 1 aromatic carbocycles. The number of allylic oxidation sites excluding steroid dienone is 1. The van der Waals surface area contributed by atoms with Gasteiger partial charge in [0, 0.05) is 12.1 Å². The van der Waals surface area contributed by atoms with Crippen molar-refractivity contribution in [3.63, 3.8) is 0 Å². The number of carbonyl (C=O) groups is 3. The third kappa shape index (κ3) is 3.22. The van der Waals surface area contributed by atoms with Gasteiger partial charge in [0.25, 0.3) is 0 Å². The molecule has 24 heavy (non-hydrogen) atoms. The molecule has 0 unspecified atom stereocenters. The molecule has 3 rings (SSSR count). The van der Waals surface area contributed by atoms with E-state index in [4.69, 9.17) is 0 Å². The second-order valence-corrected chi connectivity index (χ2v) is 6.08. The second-order valence-electron chi connectivity index (χ2n) is 6.08. The maximum Gasteiger partial charge on any atom is 0.334 e. The maximum absolute atomic E-state index is 13.7. The Bertz CT molecular complexity index is 714. The fourth-order valence-electron chi connectivity index (χ4n) is 3.07. The standard InChI is InChI=1S/C18H19FN2O3/c19-15-9-5-4-8-14(15)12-21-17(23)16(22)20(18(21)24)11-10-13-6-2-1-3-7-13/h4-6,8-9H,1-3,7,10-12H2. The molecule has 1 aliphatic carbocycles. The van der Waals surface area contributed by atoms with Crippen molar-refractivity contribution in [2.24, 2.45) is 0 Å². The molecule has 0 spiro atoms. The first-order valence-electron chi connectivity index (χ1n) is 8.16. The molecule has 0 radical (unpaired) electrons. The summed E-state index contributed by atoms with van der Waals surface area (Å²) in [6.45, 7) is -0.0295. The summed E-state index contributed by atoms with van der Waals surface area (Å²) < 4.78 is 13.7. The number of hydrogen-bond acceptors (Lipinski definition) is 3. The van der Waals surface area contributed by atoms with Crippen molar-refractivity contribution in [3.05, 3.63) is 47.3 Å². The minimum atomic E-state index is -0.888. The molecule has 4 amide bonds. The maximum atomic E-state index is 13.7. The lowest BCUT2D eigenvalue weighted by Crippen LogP contribution is -2.34. The summed E-state index contributed by atoms with van der Waals surface area (Å²) in [4.78, 5) is 38.3. The Morgan fingerprint density at radius 3 is 2.46 bits per heavy atom. The first kappa shape index (κ1) is 16.4. The Labute approximate surface area is 139 Å². The van der Waals surface area contributed by atoms with Crippen LogP contribution in [0.1, 0.15) is 37.7 Å². The van der Waals surface area contributed by atoms with Gasteiger partial charge in [-0.15, -0.1) is 0 Å². The van der Waals surface area contributed by atoms with Crippen molar-refractivity contribution in [2.45, 2.75) is 38.6 Å². The van der Waals surface area contributed by atoms with E-state index in [1.54, 1.807) is 6.07 Å². The van der Waals surface area contributed by atoms with Crippen molar-refractivity contribution < 1.29 is 18.8 Å². The Balaban J connectivity index is 1.68. The zero-order valence-corrected chi connectivity index (χ0v) is 13.3. The lowest BCUT2D eigenvalue weighted by atomic mass is 9.97. The number of benzene rings is 1. The molecule has 0 N–H and O–H groups in total. The minimum Gasteiger partial charge on any atom is -0.263 e. The van der Waals surface area contributed by atoms with Crippen LogP contribution in [0, 0.1) is 5.82 Å². The van der Waals surface area contributed by atoms with E-state index < -0.39 is 23.7 Å². The lowest BCUT2D eigenvalue weighted by molar-refractivity contribution is -0.143. The summed E-state index contributed by atoms with van der Waals surface area (Å²) in [6.07, 6.45) is 7.02. The largest absolute Gasteiger partial charge is 0.334 e. The van der Waals surface area contributed by atoms with E-state index in [1.807, 2.05) is 0 Å². The highest BCUT2D eigenvalue weighted by molar-refractivity contribution is 6.44. The molecule has 5 nitrogen and oxygen atoms in total. The molecular formula is C18H19FN2O3. The normalized spacial score (nSPS) is 18.4. The highest BCUT2D eigenvalue weighted by atomic mass is 19.1. The average molecular weight is 330 g/mol. The molecule has 126 valence electrons. The molecule has 0 atom stereocenters. The number of urea groups is 1. The number of halogens is 1. The molecule has 1 fully saturated rings. The lowest BCUT2D eigenvalue weighted by Gasteiger charge is -2.18. The number of amides is 4. The Morgan fingerprint density at radius 1 is 1.00 bits per heavy atom. The molecule has 1 aromatic rings. The summed E-state index contributed by atoms with van der Waals surface area (Å²) in [5.74, 6) is -2.22. The molecule has 0 bridgehead atoms. The third-order valence-corrected chi connectivity index (χ3v) is 4.46. The Kier molecular flexibility index (Phi) is 4.74. The van der Waals surface area contributed by atoms with Gasteiger partial charge in [0.2, 0.25) is 0 Å². The fraction of sp³-hybridized carbons (Fsp3) is 0.389. The number of hydrogen-bond donors (Lipinski definition) is 0. The molecule has 1 heterocycles. The van der Waals surface area contributed by atoms with Crippen LogP contribution in [0.2, 0.25) is 0 Å². The van der Waals surface area contributed by atoms with E-state index in [2.05, 4.69) is 6.08 Å². The van der Waals surface area contributed by atoms with Gasteiger partial charge in [-0.1, -0.05) is 29.8 Å². The molecule has 0 aromatic heterocycles. The van der Waals surface area contributed by atoms with E-state index in [0.29, 0.717) is 6.42 Å². The molecule has 0 saturated carbocycles. The first-order chi connectivity index (χ1) is 11.6. The Morgan fingerprint density at radius 2 is 1.75 bits per heavy atom. The van der Waals surface area contributed by atoms with Crippen LogP contribution in [-0.2, 0) is 16.1 Å². The predicted octanol–water partition coefficient (Wildman–Crippen LogP) is 3.01. The van der Waals surface area contributed by atoms with Crippen molar-refractivity contribution in [2.75, 3.05) is 6.54 Å². The quantitative estimate of drug-likeness (QED) is 0.474. The summed E-state index contributed by atoms with van der Waals surface area (Å²) in [5.41, 5.74) is 1.44. The fourth-order valence-corrected chi connectivity index (χ4v) is 3.07. The summed E-state index contributed by atoms with van der Waals surface area (Å²) in [5, 5.41) is 0. The van der Waals surface area contributed by atoms with E-state index in [0.717, 1.165) is 29.1 Å². The third-order valence-electron chi connectivity index (χ3n) is 4.46. The van der Waals surface area contributed by atoms with Crippen LogP contribution in [0.25, 0.3) is 0 Å². The van der Waals surface area contributed by atoms with Gasteiger partial charge >= 0.3 is 17.8 Å². The monoisotopic (exact) mass is 330 g/mol. The SMILES string of the molecule is O=C1C(=O)N(Cc2ccccc2F)C(=O)N1CCC1=CCCCC1. The van der Waals surface area contributed by atoms with Gasteiger partial charge in [0.15, 0.2) is 0 Å². The van der Waals surface area contributed by atoms with Crippen molar-refractivity contribution in [1.82, 2.24) is 9.80 Å². The number of nitrogens with zero attached hydrogens (tertiary/aromatic N) is 2. The van der Waals surface area contributed by atoms with Gasteiger partial charge in [-0.3, -0.25) is 19.4 Å². The highest BCUT2D eigenvalue weighted by Gasteiger charge is 2.44. The number of imide groups is 2. The van der Waals surface area contributed by atoms with Crippen molar-refractivity contribution in [1.29, 1.82) is 0 Å². The van der Waals surface area contributed by atoms with Crippen molar-refractivity contribution in [3.8, 4) is 0 Å². The first-order valence-corrected chi connectivity index (χ1v) is 8.16. The zero-order chi connectivity index (χ0) is 17.1. The molecule has 2 aliphatic rings. The van der Waals surface area contributed by atoms with Crippen LogP contribution in [0.5, 0.6) is 0 Å². The molecule has 1 saturated heterocycles. The van der Waals surface area contributed by atoms with Gasteiger partial charge in [-0.25, -0.2) is 9.18 Å². The van der Waals surface area contributed by atoms with Crippen LogP contribution in [0.4, 0.5) is 9.18 Å². The number of carbonyl (C=O) groups excluding carboxylic acids is 3. The average Bonchev–Trinajstić information content (AvgIpc) is 2.79. The zero-order valence-electron chi connectivity index (χ0n) is 13.3. The highest BCUT2D eigenvalue weighted by Crippen LogP contribution is 2.23. The van der Waals surface area contributed by atoms with Crippen LogP contribution >= 0.6 is 0 Å². The smallest absolute Gasteiger partial charge is 0.263 e. The van der Waals surface area contributed by atoms with Crippen LogP contribution in [-0.4, -0.2) is 34.2 Å². The predicted molar refractivity (Wildman–Crippen MR) is 85.2 cm³/mol. The van der Waals surface area contributed by atoms with E-state index in [9.17, 15) is 18.8 Å². The second kappa shape index (κ2) is 6.95. The van der Waals surface area contributed by atoms with E-state index >= 15 is 0 Å². The summed E-state index contributed by atoms with van der Waals surface area (Å²) in [7, 11) is 0. The van der Waals surface area contributed by atoms with Crippen molar-refractivity contribution >= 4 is 17.8 Å². The van der Waals surface area contributed by atoms with Gasteiger partial charge in [-0.05, 0) is 38.2 Å². The van der Waals surface area contributed by atoms with Crippen LogP contribution < -0.4 is 0 Å².